The average Bonchev–Trinajstić information content (AvgIpc) is 2.63. The van der Waals surface area contributed by atoms with Gasteiger partial charge in [-0.2, -0.15) is 0 Å². The summed E-state index contributed by atoms with van der Waals surface area (Å²) in [5, 5.41) is 0. The van der Waals surface area contributed by atoms with E-state index >= 15 is 0 Å². The van der Waals surface area contributed by atoms with E-state index in [0.29, 0.717) is 0 Å². The Bertz CT molecular complexity index is 761. The van der Waals surface area contributed by atoms with E-state index in [2.05, 4.69) is 80.7 Å². The summed E-state index contributed by atoms with van der Waals surface area (Å²) in [6, 6.07) is 21.4. The zero-order chi connectivity index (χ0) is 16.1. The first-order chi connectivity index (χ1) is 11.3. The molecule has 2 aromatic carbocycles. The lowest BCUT2D eigenvalue weighted by molar-refractivity contribution is 0.907. The van der Waals surface area contributed by atoms with Gasteiger partial charge >= 0.3 is 0 Å². The monoisotopic (exact) mass is 301 g/mol. The Balaban J connectivity index is 2.32. The number of pyridine rings is 1. The van der Waals surface area contributed by atoms with Crippen LogP contribution < -0.4 is 0 Å². The Morgan fingerprint density at radius 2 is 1.30 bits per heavy atom. The van der Waals surface area contributed by atoms with E-state index in [1.165, 1.54) is 33.5 Å². The van der Waals surface area contributed by atoms with Gasteiger partial charge in [0.25, 0.3) is 0 Å². The number of aromatic nitrogens is 1. The normalized spacial score (nSPS) is 10.7. The van der Waals surface area contributed by atoms with Gasteiger partial charge in [0.2, 0.25) is 0 Å². The summed E-state index contributed by atoms with van der Waals surface area (Å²) in [6.45, 7) is 4.41. The van der Waals surface area contributed by atoms with Crippen molar-refractivity contribution in [2.75, 3.05) is 0 Å². The van der Waals surface area contributed by atoms with Gasteiger partial charge in [-0.25, -0.2) is 0 Å². The predicted molar refractivity (Wildman–Crippen MR) is 98.5 cm³/mol. The third-order valence-electron chi connectivity index (χ3n) is 4.22. The van der Waals surface area contributed by atoms with Crippen molar-refractivity contribution in [1.82, 2.24) is 4.98 Å². The summed E-state index contributed by atoms with van der Waals surface area (Å²) >= 11 is 0. The molecule has 0 fully saturated rings. The fourth-order valence-corrected chi connectivity index (χ4v) is 3.17. The van der Waals surface area contributed by atoms with Gasteiger partial charge in [-0.15, -0.1) is 0 Å². The summed E-state index contributed by atoms with van der Waals surface area (Å²) in [5.41, 5.74) is 7.71. The number of hydrogen-bond acceptors (Lipinski definition) is 1. The molecule has 0 N–H and O–H groups in total. The highest BCUT2D eigenvalue weighted by molar-refractivity contribution is 5.87. The first-order valence-corrected chi connectivity index (χ1v) is 8.46. The van der Waals surface area contributed by atoms with Crippen LogP contribution in [0.5, 0.6) is 0 Å². The number of hydrogen-bond donors (Lipinski definition) is 0. The molecule has 0 aliphatic rings. The molecule has 0 saturated heterocycles. The largest absolute Gasteiger partial charge is 0.260 e. The molecule has 1 heteroatoms. The molecule has 1 nitrogen and oxygen atoms in total. The number of nitrogens with zero attached hydrogens (tertiary/aromatic N) is 1. The average molecular weight is 301 g/mol. The lowest BCUT2D eigenvalue weighted by atomic mass is 9.88. The lowest BCUT2D eigenvalue weighted by Crippen LogP contribution is -2.01. The molecule has 0 amide bonds. The Labute approximate surface area is 139 Å². The van der Waals surface area contributed by atoms with Crippen molar-refractivity contribution in [1.29, 1.82) is 0 Å². The molecule has 3 rings (SSSR count). The highest BCUT2D eigenvalue weighted by Crippen LogP contribution is 2.37. The minimum absolute atomic E-state index is 0.941. The van der Waals surface area contributed by atoms with E-state index in [1.54, 1.807) is 0 Å². The van der Waals surface area contributed by atoms with E-state index in [4.69, 9.17) is 4.98 Å². The van der Waals surface area contributed by atoms with Gasteiger partial charge in [-0.3, -0.25) is 4.98 Å². The standard InChI is InChI=1S/C22H23N/c1-3-11-19-16-23-20(4-2)22(18-14-9-6-10-15-18)21(19)17-12-7-5-8-13-17/h5-10,12-16H,3-4,11H2,1-2H3. The fourth-order valence-electron chi connectivity index (χ4n) is 3.17. The van der Waals surface area contributed by atoms with Crippen molar-refractivity contribution < 1.29 is 0 Å². The Hall–Kier alpha value is -2.41. The number of rotatable bonds is 5. The second-order valence-electron chi connectivity index (χ2n) is 5.82. The van der Waals surface area contributed by atoms with E-state index in [-0.39, 0.29) is 0 Å². The Morgan fingerprint density at radius 3 is 1.83 bits per heavy atom. The van der Waals surface area contributed by atoms with Crippen molar-refractivity contribution in [3.8, 4) is 22.3 Å². The van der Waals surface area contributed by atoms with Crippen LogP contribution >= 0.6 is 0 Å². The van der Waals surface area contributed by atoms with Crippen LogP contribution in [0.4, 0.5) is 0 Å². The second kappa shape index (κ2) is 7.23. The highest BCUT2D eigenvalue weighted by atomic mass is 14.7. The number of aryl methyl sites for hydroxylation is 2. The molecule has 0 unspecified atom stereocenters. The minimum atomic E-state index is 0.941. The summed E-state index contributed by atoms with van der Waals surface area (Å²) in [5.74, 6) is 0. The topological polar surface area (TPSA) is 12.9 Å². The molecule has 1 heterocycles. The molecule has 3 aromatic rings. The molecule has 0 spiro atoms. The van der Waals surface area contributed by atoms with Gasteiger partial charge in [0.15, 0.2) is 0 Å². The summed E-state index contributed by atoms with van der Waals surface area (Å²) < 4.78 is 0. The first kappa shape index (κ1) is 15.5. The molecular formula is C22H23N. The van der Waals surface area contributed by atoms with Gasteiger partial charge in [0, 0.05) is 17.5 Å². The lowest BCUT2D eigenvalue weighted by Gasteiger charge is -2.18. The third kappa shape index (κ3) is 3.19. The second-order valence-corrected chi connectivity index (χ2v) is 5.82. The van der Waals surface area contributed by atoms with Crippen LogP contribution in [0, 0.1) is 0 Å². The molecule has 0 saturated carbocycles. The van der Waals surface area contributed by atoms with Crippen molar-refractivity contribution in [3.63, 3.8) is 0 Å². The maximum Gasteiger partial charge on any atom is 0.0485 e. The summed E-state index contributed by atoms with van der Waals surface area (Å²) in [4.78, 5) is 4.78. The SMILES string of the molecule is CCCc1cnc(CC)c(-c2ccccc2)c1-c1ccccc1. The molecular weight excluding hydrogens is 278 g/mol. The zero-order valence-electron chi connectivity index (χ0n) is 13.9. The maximum atomic E-state index is 4.78. The van der Waals surface area contributed by atoms with E-state index in [1.807, 2.05) is 0 Å². The zero-order valence-corrected chi connectivity index (χ0v) is 13.9. The third-order valence-corrected chi connectivity index (χ3v) is 4.22. The van der Waals surface area contributed by atoms with Crippen molar-refractivity contribution in [3.05, 3.63) is 78.1 Å². The van der Waals surface area contributed by atoms with Crippen molar-refractivity contribution >= 4 is 0 Å². The van der Waals surface area contributed by atoms with Gasteiger partial charge in [0.05, 0.1) is 0 Å². The molecule has 0 aliphatic carbocycles. The molecule has 0 bridgehead atoms. The molecule has 0 aliphatic heterocycles. The highest BCUT2D eigenvalue weighted by Gasteiger charge is 2.16. The molecule has 1 aromatic heterocycles. The summed E-state index contributed by atoms with van der Waals surface area (Å²) in [6.07, 6.45) is 5.20. The van der Waals surface area contributed by atoms with E-state index in [0.717, 1.165) is 19.3 Å². The van der Waals surface area contributed by atoms with Crippen molar-refractivity contribution in [2.45, 2.75) is 33.1 Å². The van der Waals surface area contributed by atoms with Crippen LogP contribution in [0.3, 0.4) is 0 Å². The van der Waals surface area contributed by atoms with Crippen LogP contribution in [0.2, 0.25) is 0 Å². The first-order valence-electron chi connectivity index (χ1n) is 8.46. The molecule has 23 heavy (non-hydrogen) atoms. The van der Waals surface area contributed by atoms with Crippen LogP contribution in [0.1, 0.15) is 31.5 Å². The van der Waals surface area contributed by atoms with Crippen LogP contribution in [0.25, 0.3) is 22.3 Å². The summed E-state index contributed by atoms with van der Waals surface area (Å²) in [7, 11) is 0. The molecule has 0 radical (unpaired) electrons. The smallest absolute Gasteiger partial charge is 0.0485 e. The van der Waals surface area contributed by atoms with E-state index in [9.17, 15) is 0 Å². The number of benzene rings is 2. The quantitative estimate of drug-likeness (QED) is 0.569. The predicted octanol–water partition coefficient (Wildman–Crippen LogP) is 5.93. The van der Waals surface area contributed by atoms with E-state index < -0.39 is 0 Å². The minimum Gasteiger partial charge on any atom is -0.260 e. The molecule has 0 atom stereocenters. The Morgan fingerprint density at radius 1 is 0.739 bits per heavy atom. The van der Waals surface area contributed by atoms with Crippen molar-refractivity contribution in [2.24, 2.45) is 0 Å². The molecule has 116 valence electrons. The van der Waals surface area contributed by atoms with Gasteiger partial charge in [-0.05, 0) is 35.1 Å². The fraction of sp³-hybridized carbons (Fsp3) is 0.227. The Kier molecular flexibility index (Phi) is 4.87. The van der Waals surface area contributed by atoms with Crippen LogP contribution in [-0.4, -0.2) is 4.98 Å². The van der Waals surface area contributed by atoms with Gasteiger partial charge < -0.3 is 0 Å². The van der Waals surface area contributed by atoms with Gasteiger partial charge in [-0.1, -0.05) is 80.9 Å². The van der Waals surface area contributed by atoms with Crippen LogP contribution in [-0.2, 0) is 12.8 Å². The maximum absolute atomic E-state index is 4.78. The van der Waals surface area contributed by atoms with Crippen LogP contribution in [0.15, 0.2) is 66.9 Å². The van der Waals surface area contributed by atoms with Gasteiger partial charge in [0.1, 0.15) is 0 Å².